The number of benzene rings is 2. The van der Waals surface area contributed by atoms with Crippen molar-refractivity contribution in [3.8, 4) is 16.9 Å². The minimum Gasteiger partial charge on any atom is -0.345 e. The van der Waals surface area contributed by atoms with E-state index in [4.69, 9.17) is 0 Å². The van der Waals surface area contributed by atoms with Crippen LogP contribution < -0.4 is 5.32 Å². The van der Waals surface area contributed by atoms with Crippen LogP contribution in [0.1, 0.15) is 27.3 Å². The van der Waals surface area contributed by atoms with Crippen molar-refractivity contribution in [1.29, 1.82) is 0 Å². The van der Waals surface area contributed by atoms with E-state index in [2.05, 4.69) is 20.6 Å². The normalized spacial score (nSPS) is 11.7. The maximum Gasteiger partial charge on any atom is 0.417 e. The summed E-state index contributed by atoms with van der Waals surface area (Å²) in [6, 6.07) is 19.2. The highest BCUT2D eigenvalue weighted by atomic mass is 19.4. The van der Waals surface area contributed by atoms with Crippen molar-refractivity contribution in [3.05, 3.63) is 102 Å². The van der Waals surface area contributed by atoms with Crippen LogP contribution in [0.2, 0.25) is 0 Å². The van der Waals surface area contributed by atoms with Gasteiger partial charge < -0.3 is 5.32 Å². The Hall–Kier alpha value is -4.47. The van der Waals surface area contributed by atoms with Crippen LogP contribution in [0.15, 0.2) is 79.1 Å². The van der Waals surface area contributed by atoms with Gasteiger partial charge in [-0.3, -0.25) is 9.20 Å². The summed E-state index contributed by atoms with van der Waals surface area (Å²) in [7, 11) is 0. The summed E-state index contributed by atoms with van der Waals surface area (Å²) in [4.78, 5) is 13.2. The maximum atomic E-state index is 13.2. The highest BCUT2D eigenvalue weighted by Gasteiger charge is 2.31. The van der Waals surface area contributed by atoms with E-state index in [0.717, 1.165) is 29.1 Å². The summed E-state index contributed by atoms with van der Waals surface area (Å²) in [5, 5.41) is 15.2. The highest BCUT2D eigenvalue weighted by Crippen LogP contribution is 2.29. The lowest BCUT2D eigenvalue weighted by molar-refractivity contribution is -0.137. The van der Waals surface area contributed by atoms with Crippen LogP contribution >= 0.6 is 0 Å². The molecule has 0 aliphatic carbocycles. The Balaban J connectivity index is 1.46. The summed E-state index contributed by atoms with van der Waals surface area (Å²) < 4.78 is 42.2. The molecule has 0 spiro atoms. The van der Waals surface area contributed by atoms with Crippen LogP contribution in [0.3, 0.4) is 0 Å². The number of fused-ring (bicyclic) bond motifs is 1. The van der Waals surface area contributed by atoms with Crippen molar-refractivity contribution in [2.24, 2.45) is 0 Å². The molecule has 2 aromatic carbocycles. The number of carbonyl (C=O) groups excluding carboxylic acids is 1. The molecule has 176 valence electrons. The van der Waals surface area contributed by atoms with E-state index < -0.39 is 17.6 Å². The van der Waals surface area contributed by atoms with Gasteiger partial charge in [0.05, 0.1) is 23.4 Å². The number of hydrogen-bond donors (Lipinski definition) is 1. The van der Waals surface area contributed by atoms with Crippen LogP contribution in [-0.2, 0) is 12.7 Å². The Morgan fingerprint density at radius 1 is 0.943 bits per heavy atom. The van der Waals surface area contributed by atoms with E-state index in [1.807, 2.05) is 61.5 Å². The van der Waals surface area contributed by atoms with Crippen LogP contribution in [-0.4, -0.2) is 30.3 Å². The first kappa shape index (κ1) is 22.3. The first-order valence-electron chi connectivity index (χ1n) is 10.7. The summed E-state index contributed by atoms with van der Waals surface area (Å²) in [6.45, 7) is 1.85. The molecule has 0 aliphatic rings. The molecule has 0 radical (unpaired) electrons. The number of amides is 1. The number of halogens is 3. The minimum absolute atomic E-state index is 0.120. The zero-order chi connectivity index (χ0) is 24.6. The monoisotopic (exact) mass is 476 g/mol. The number of nitrogens with one attached hydrogen (secondary N) is 1. The smallest absolute Gasteiger partial charge is 0.345 e. The van der Waals surface area contributed by atoms with Crippen molar-refractivity contribution >= 4 is 11.6 Å². The third kappa shape index (κ3) is 4.50. The van der Waals surface area contributed by atoms with Crippen LogP contribution in [0.25, 0.3) is 22.6 Å². The molecule has 5 rings (SSSR count). The average Bonchev–Trinajstić information content (AvgIpc) is 3.47. The molecule has 1 amide bonds. The Bertz CT molecular complexity index is 1500. The Morgan fingerprint density at radius 2 is 1.69 bits per heavy atom. The average molecular weight is 476 g/mol. The van der Waals surface area contributed by atoms with Crippen molar-refractivity contribution < 1.29 is 18.0 Å². The summed E-state index contributed by atoms with van der Waals surface area (Å²) in [6.07, 6.45) is -1.96. The highest BCUT2D eigenvalue weighted by molar-refractivity contribution is 5.99. The zero-order valence-electron chi connectivity index (χ0n) is 18.5. The number of nitrogens with zero attached hydrogens (tertiary/aromatic N) is 5. The number of hydrogen-bond acceptors (Lipinski definition) is 4. The van der Waals surface area contributed by atoms with Gasteiger partial charge in [-0.1, -0.05) is 48.0 Å². The van der Waals surface area contributed by atoms with E-state index in [1.165, 1.54) is 10.5 Å². The first-order chi connectivity index (χ1) is 16.8. The Kier molecular flexibility index (Phi) is 5.56. The fraction of sp³-hybridized carbons (Fsp3) is 0.120. The van der Waals surface area contributed by atoms with Gasteiger partial charge in [0.25, 0.3) is 5.91 Å². The molecule has 3 aromatic heterocycles. The third-order valence-electron chi connectivity index (χ3n) is 5.51. The predicted molar refractivity (Wildman–Crippen MR) is 123 cm³/mol. The van der Waals surface area contributed by atoms with Gasteiger partial charge in [0.15, 0.2) is 11.5 Å². The van der Waals surface area contributed by atoms with Gasteiger partial charge >= 0.3 is 6.18 Å². The lowest BCUT2D eigenvalue weighted by Crippen LogP contribution is -2.24. The quantitative estimate of drug-likeness (QED) is 0.394. The SMILES string of the molecule is Cc1ccc(-c2nn(-c3ccccc3)cc2C(=O)NCc2nnc3ccc(C(F)(F)F)cn23)cc1. The molecule has 0 fully saturated rings. The van der Waals surface area contributed by atoms with Crippen LogP contribution in [0.4, 0.5) is 13.2 Å². The fourth-order valence-corrected chi connectivity index (χ4v) is 3.66. The second kappa shape index (κ2) is 8.71. The zero-order valence-corrected chi connectivity index (χ0v) is 18.5. The summed E-state index contributed by atoms with van der Waals surface area (Å²) in [5.74, 6) is -0.265. The Morgan fingerprint density at radius 3 is 2.40 bits per heavy atom. The molecule has 0 bridgehead atoms. The molecule has 0 aliphatic heterocycles. The summed E-state index contributed by atoms with van der Waals surface area (Å²) in [5.41, 5.74) is 2.84. The third-order valence-corrected chi connectivity index (χ3v) is 5.51. The number of alkyl halides is 3. The van der Waals surface area contributed by atoms with E-state index in [1.54, 1.807) is 10.9 Å². The minimum atomic E-state index is -4.51. The number of aryl methyl sites for hydroxylation is 1. The lowest BCUT2D eigenvalue weighted by Gasteiger charge is -2.08. The number of pyridine rings is 1. The molecule has 7 nitrogen and oxygen atoms in total. The molecule has 10 heteroatoms. The number of para-hydroxylation sites is 1. The molecule has 1 N–H and O–H groups in total. The maximum absolute atomic E-state index is 13.2. The van der Waals surface area contributed by atoms with Gasteiger partial charge in [-0.2, -0.15) is 18.3 Å². The molecule has 3 heterocycles. The van der Waals surface area contributed by atoms with Gasteiger partial charge in [0, 0.05) is 18.0 Å². The molecular weight excluding hydrogens is 457 g/mol. The summed E-state index contributed by atoms with van der Waals surface area (Å²) >= 11 is 0. The lowest BCUT2D eigenvalue weighted by atomic mass is 10.1. The first-order valence-corrected chi connectivity index (χ1v) is 10.7. The van der Waals surface area contributed by atoms with E-state index >= 15 is 0 Å². The number of rotatable bonds is 5. The van der Waals surface area contributed by atoms with Crippen LogP contribution in [0, 0.1) is 6.92 Å². The van der Waals surface area contributed by atoms with E-state index in [-0.39, 0.29) is 18.0 Å². The predicted octanol–water partition coefficient (Wildman–Crippen LogP) is 4.84. The number of aromatic nitrogens is 5. The number of carbonyl (C=O) groups is 1. The molecule has 5 aromatic rings. The van der Waals surface area contributed by atoms with Gasteiger partial charge in [0.2, 0.25) is 0 Å². The van der Waals surface area contributed by atoms with Crippen molar-refractivity contribution in [2.45, 2.75) is 19.6 Å². The van der Waals surface area contributed by atoms with Gasteiger partial charge in [-0.15, -0.1) is 10.2 Å². The van der Waals surface area contributed by atoms with Gasteiger partial charge in [-0.05, 0) is 31.2 Å². The molecule has 0 atom stereocenters. The Labute approximate surface area is 197 Å². The largest absolute Gasteiger partial charge is 0.417 e. The molecular formula is C25H19F3N6O. The van der Waals surface area contributed by atoms with Crippen molar-refractivity contribution in [3.63, 3.8) is 0 Å². The van der Waals surface area contributed by atoms with E-state index in [9.17, 15) is 18.0 Å². The topological polar surface area (TPSA) is 77.1 Å². The van der Waals surface area contributed by atoms with Crippen LogP contribution in [0.5, 0.6) is 0 Å². The molecule has 0 saturated heterocycles. The second-order valence-electron chi connectivity index (χ2n) is 7.98. The van der Waals surface area contributed by atoms with Gasteiger partial charge in [-0.25, -0.2) is 4.68 Å². The molecule has 0 saturated carbocycles. The standard InChI is InChI=1S/C25H19F3N6O/c1-16-7-9-17(10-8-16)23-20(15-34(32-23)19-5-3-2-4-6-19)24(35)29-13-22-31-30-21-12-11-18(14-33(21)22)25(26,27)28/h2-12,14-15H,13H2,1H3,(H,29,35). The van der Waals surface area contributed by atoms with Gasteiger partial charge in [0.1, 0.15) is 5.69 Å². The molecule has 35 heavy (non-hydrogen) atoms. The van der Waals surface area contributed by atoms with E-state index in [0.29, 0.717) is 11.3 Å². The fourth-order valence-electron chi connectivity index (χ4n) is 3.66. The van der Waals surface area contributed by atoms with Crippen molar-refractivity contribution in [1.82, 2.24) is 29.7 Å². The molecule has 0 unspecified atom stereocenters. The second-order valence-corrected chi connectivity index (χ2v) is 7.98. The van der Waals surface area contributed by atoms with Crippen molar-refractivity contribution in [2.75, 3.05) is 0 Å².